The number of phenols is 1. The monoisotopic (exact) mass is 547 g/mol. The third-order valence-corrected chi connectivity index (χ3v) is 5.63. The maximum Gasteiger partial charge on any atom is 0.255 e. The molecule has 0 saturated heterocycles. The predicted molar refractivity (Wildman–Crippen MR) is 163 cm³/mol. The zero-order valence-corrected chi connectivity index (χ0v) is 23.0. The van der Waals surface area contributed by atoms with E-state index >= 15 is 0 Å². The van der Waals surface area contributed by atoms with Gasteiger partial charge in [0.15, 0.2) is 0 Å². The van der Waals surface area contributed by atoms with Crippen LogP contribution in [-0.2, 0) is 4.79 Å². The molecule has 0 aliphatic heterocycles. The highest BCUT2D eigenvalue weighted by molar-refractivity contribution is 6.29. The van der Waals surface area contributed by atoms with E-state index in [-0.39, 0.29) is 17.6 Å². The normalized spacial score (nSPS) is 9.87. The Morgan fingerprint density at radius 3 is 2.00 bits per heavy atom. The molecule has 9 heteroatoms. The number of benzene rings is 4. The number of aromatic hydroxyl groups is 1. The van der Waals surface area contributed by atoms with Gasteiger partial charge in [0.1, 0.15) is 5.75 Å². The van der Waals surface area contributed by atoms with Gasteiger partial charge in [0.25, 0.3) is 5.91 Å². The number of nitrogen functional groups attached to an aromatic ring is 2. The van der Waals surface area contributed by atoms with Crippen molar-refractivity contribution in [3.05, 3.63) is 101 Å². The average molecular weight is 548 g/mol. The van der Waals surface area contributed by atoms with Gasteiger partial charge in [0.2, 0.25) is 5.91 Å². The number of anilines is 4. The predicted octanol–water partition coefficient (Wildman–Crippen LogP) is 5.92. The molecule has 8 nitrogen and oxygen atoms in total. The second-order valence-corrected chi connectivity index (χ2v) is 9.22. The lowest BCUT2D eigenvalue weighted by Gasteiger charge is -2.08. The first-order valence-electron chi connectivity index (χ1n) is 12.0. The molecule has 0 unspecified atom stereocenters. The number of carbonyl (C=O) groups excluding carboxylic acids is 2. The van der Waals surface area contributed by atoms with Crippen LogP contribution in [0.25, 0.3) is 10.8 Å². The molecule has 39 heavy (non-hydrogen) atoms. The molecule has 0 atom stereocenters. The number of carbonyl (C=O) groups is 2. The highest BCUT2D eigenvalue weighted by Crippen LogP contribution is 2.32. The fourth-order valence-electron chi connectivity index (χ4n) is 3.33. The van der Waals surface area contributed by atoms with E-state index in [1.165, 1.54) is 6.92 Å². The molecule has 4 rings (SSSR count). The fraction of sp³-hybridized carbons (Fsp3) is 0.133. The Bertz CT molecular complexity index is 1470. The number of aryl methyl sites for hydroxylation is 2. The molecule has 0 bridgehead atoms. The van der Waals surface area contributed by atoms with Crippen LogP contribution < -0.4 is 27.8 Å². The molecule has 0 spiro atoms. The van der Waals surface area contributed by atoms with Gasteiger partial charge in [0, 0.05) is 46.5 Å². The summed E-state index contributed by atoms with van der Waals surface area (Å²) >= 11 is 5.14. The minimum Gasteiger partial charge on any atom is -0.505 e. The summed E-state index contributed by atoms with van der Waals surface area (Å²) in [6.45, 7) is 8.86. The van der Waals surface area contributed by atoms with Crippen LogP contribution in [0.5, 0.6) is 5.75 Å². The molecule has 204 valence electrons. The minimum atomic E-state index is -0.228. The first-order chi connectivity index (χ1) is 18.4. The van der Waals surface area contributed by atoms with E-state index < -0.39 is 0 Å². The number of rotatable bonds is 4. The Morgan fingerprint density at radius 1 is 0.897 bits per heavy atom. The standard InChI is InChI=1S/C16H17N3O2.C11H11NO.C3H6ClN/c1-10-3-4-12(9-15(10)17)16(21)19-14-7-5-13(6-8-14)18-11(2)20;1-7-6-8-4-2-3-5-9(8)10(12)11(7)13;1-3(4)2-5/h3-9H,17H2,1-2H3,(H,18,20)(H,19,21);2-6,13H,12H2,1H3;1-2,5H2. The van der Waals surface area contributed by atoms with Crippen LogP contribution in [0.3, 0.4) is 0 Å². The van der Waals surface area contributed by atoms with Crippen LogP contribution >= 0.6 is 11.6 Å². The van der Waals surface area contributed by atoms with E-state index in [4.69, 9.17) is 28.8 Å². The lowest BCUT2D eigenvalue weighted by atomic mass is 10.0. The number of phenolic OH excluding ortho intramolecular Hbond substituents is 1. The van der Waals surface area contributed by atoms with Crippen molar-refractivity contribution in [2.75, 3.05) is 28.6 Å². The maximum atomic E-state index is 12.1. The van der Waals surface area contributed by atoms with Crippen molar-refractivity contribution in [1.29, 1.82) is 0 Å². The second kappa shape index (κ2) is 14.4. The zero-order valence-electron chi connectivity index (χ0n) is 22.2. The Balaban J connectivity index is 0.000000250. The highest BCUT2D eigenvalue weighted by atomic mass is 35.5. The molecule has 4 aromatic carbocycles. The molecule has 0 aliphatic rings. The number of nitrogens with one attached hydrogen (secondary N) is 2. The van der Waals surface area contributed by atoms with Gasteiger partial charge in [-0.05, 0) is 72.8 Å². The number of fused-ring (bicyclic) bond motifs is 1. The molecule has 0 saturated carbocycles. The molecule has 0 aliphatic carbocycles. The number of halogens is 1. The largest absolute Gasteiger partial charge is 0.505 e. The Labute approximate surface area is 233 Å². The van der Waals surface area contributed by atoms with Gasteiger partial charge in [0.05, 0.1) is 5.69 Å². The summed E-state index contributed by atoms with van der Waals surface area (Å²) < 4.78 is 0. The third kappa shape index (κ3) is 9.37. The summed E-state index contributed by atoms with van der Waals surface area (Å²) in [6, 6.07) is 21.8. The number of nitrogens with two attached hydrogens (primary N) is 3. The molecule has 0 aromatic heterocycles. The van der Waals surface area contributed by atoms with Crippen molar-refractivity contribution in [1.82, 2.24) is 0 Å². The quantitative estimate of drug-likeness (QED) is 0.137. The first kappa shape index (κ1) is 30.7. The topological polar surface area (TPSA) is 156 Å². The molecular formula is C30H34ClN5O3. The first-order valence-corrected chi connectivity index (χ1v) is 12.4. The van der Waals surface area contributed by atoms with Crippen LogP contribution in [-0.4, -0.2) is 23.5 Å². The van der Waals surface area contributed by atoms with Gasteiger partial charge < -0.3 is 32.9 Å². The molecule has 9 N–H and O–H groups in total. The Morgan fingerprint density at radius 2 is 1.46 bits per heavy atom. The van der Waals surface area contributed by atoms with Crippen molar-refractivity contribution in [3.8, 4) is 5.75 Å². The summed E-state index contributed by atoms with van der Waals surface area (Å²) in [5.41, 5.74) is 21.1. The van der Waals surface area contributed by atoms with Crippen LogP contribution in [0.1, 0.15) is 28.4 Å². The van der Waals surface area contributed by atoms with E-state index in [1.807, 2.05) is 50.2 Å². The van der Waals surface area contributed by atoms with E-state index in [9.17, 15) is 14.7 Å². The van der Waals surface area contributed by atoms with Gasteiger partial charge in [-0.15, -0.1) is 0 Å². The maximum absolute atomic E-state index is 12.1. The molecule has 0 radical (unpaired) electrons. The van der Waals surface area contributed by atoms with Gasteiger partial charge in [-0.25, -0.2) is 0 Å². The van der Waals surface area contributed by atoms with Crippen molar-refractivity contribution in [2.45, 2.75) is 20.8 Å². The molecule has 4 aromatic rings. The number of hydrogen-bond acceptors (Lipinski definition) is 6. The lowest BCUT2D eigenvalue weighted by Crippen LogP contribution is -2.12. The van der Waals surface area contributed by atoms with Gasteiger partial charge in [-0.3, -0.25) is 9.59 Å². The van der Waals surface area contributed by atoms with Crippen molar-refractivity contribution in [3.63, 3.8) is 0 Å². The lowest BCUT2D eigenvalue weighted by molar-refractivity contribution is -0.114. The smallest absolute Gasteiger partial charge is 0.255 e. The fourth-order valence-corrected chi connectivity index (χ4v) is 3.33. The molecule has 0 heterocycles. The molecular weight excluding hydrogens is 514 g/mol. The summed E-state index contributed by atoms with van der Waals surface area (Å²) in [5, 5.41) is 17.5. The van der Waals surface area contributed by atoms with E-state index in [0.717, 1.165) is 21.9 Å². The van der Waals surface area contributed by atoms with E-state index in [0.29, 0.717) is 39.9 Å². The zero-order chi connectivity index (χ0) is 29.1. The van der Waals surface area contributed by atoms with Gasteiger partial charge in [-0.1, -0.05) is 48.5 Å². The van der Waals surface area contributed by atoms with Gasteiger partial charge in [-0.2, -0.15) is 0 Å². The van der Waals surface area contributed by atoms with Crippen LogP contribution in [0.2, 0.25) is 0 Å². The summed E-state index contributed by atoms with van der Waals surface area (Å²) in [4.78, 5) is 23.0. The van der Waals surface area contributed by atoms with Gasteiger partial charge >= 0.3 is 0 Å². The summed E-state index contributed by atoms with van der Waals surface area (Å²) in [5.74, 6) is -0.172. The van der Waals surface area contributed by atoms with Crippen LogP contribution in [0.15, 0.2) is 84.4 Å². The minimum absolute atomic E-state index is 0.137. The van der Waals surface area contributed by atoms with Crippen molar-refractivity contribution >= 4 is 56.9 Å². The van der Waals surface area contributed by atoms with Crippen molar-refractivity contribution < 1.29 is 14.7 Å². The SMILES string of the molecule is C=C(Cl)CN.CC(=O)Nc1ccc(NC(=O)c2ccc(C)c(N)c2)cc1.Cc1cc2ccccc2c(N)c1O. The second-order valence-electron chi connectivity index (χ2n) is 8.68. The third-order valence-electron chi connectivity index (χ3n) is 5.48. The number of amides is 2. The summed E-state index contributed by atoms with van der Waals surface area (Å²) in [6.07, 6.45) is 0. The van der Waals surface area contributed by atoms with Crippen LogP contribution in [0.4, 0.5) is 22.7 Å². The van der Waals surface area contributed by atoms with Crippen molar-refractivity contribution in [2.24, 2.45) is 5.73 Å². The van der Waals surface area contributed by atoms with E-state index in [1.54, 1.807) is 36.4 Å². The average Bonchev–Trinajstić information content (AvgIpc) is 2.90. The highest BCUT2D eigenvalue weighted by Gasteiger charge is 2.08. The molecule has 2 amide bonds. The number of hydrogen-bond donors (Lipinski definition) is 6. The van der Waals surface area contributed by atoms with E-state index in [2.05, 4.69) is 17.2 Å². The summed E-state index contributed by atoms with van der Waals surface area (Å²) in [7, 11) is 0. The Kier molecular flexibility index (Phi) is 11.3. The van der Waals surface area contributed by atoms with Crippen LogP contribution in [0, 0.1) is 13.8 Å². The Hall–Kier alpha value is -4.53. The molecule has 0 fully saturated rings.